The summed E-state index contributed by atoms with van der Waals surface area (Å²) in [5, 5.41) is 7.32. The number of rotatable bonds is 7. The summed E-state index contributed by atoms with van der Waals surface area (Å²) in [5.74, 6) is 1.40. The third-order valence-corrected chi connectivity index (χ3v) is 3.68. The molecule has 25 heavy (non-hydrogen) atoms. The molecule has 0 unspecified atom stereocenters. The maximum Gasteiger partial charge on any atom is 0.186 e. The Labute approximate surface area is 154 Å². The van der Waals surface area contributed by atoms with Gasteiger partial charge in [0.25, 0.3) is 0 Å². The molecule has 0 fully saturated rings. The Bertz CT molecular complexity index is 730. The van der Waals surface area contributed by atoms with Crippen molar-refractivity contribution < 1.29 is 9.47 Å². The van der Waals surface area contributed by atoms with E-state index in [0.29, 0.717) is 29.8 Å². The zero-order valence-electron chi connectivity index (χ0n) is 14.7. The van der Waals surface area contributed by atoms with Gasteiger partial charge in [0, 0.05) is 7.05 Å². The van der Waals surface area contributed by atoms with Crippen molar-refractivity contribution in [3.05, 3.63) is 59.2 Å². The molecule has 2 rings (SSSR count). The van der Waals surface area contributed by atoms with Crippen LogP contribution in [0.3, 0.4) is 0 Å². The quantitative estimate of drug-likeness (QED) is 0.452. The topological polar surface area (TPSA) is 54.9 Å². The molecule has 0 amide bonds. The van der Waals surface area contributed by atoms with Gasteiger partial charge in [-0.1, -0.05) is 29.8 Å². The summed E-state index contributed by atoms with van der Waals surface area (Å²) in [5.41, 5.74) is 5.95. The minimum Gasteiger partial charge on any atom is -0.490 e. The summed E-state index contributed by atoms with van der Waals surface area (Å²) in [7, 11) is 1.73. The number of hydrogen-bond acceptors (Lipinski definition) is 4. The van der Waals surface area contributed by atoms with Gasteiger partial charge in [-0.3, -0.25) is 5.43 Å². The number of aryl methyl sites for hydroxylation is 1. The predicted octanol–water partition coefficient (Wildman–Crippen LogP) is 3.40. The van der Waals surface area contributed by atoms with Gasteiger partial charge in [-0.25, -0.2) is 0 Å². The predicted molar refractivity (Wildman–Crippen MR) is 106 cm³/mol. The van der Waals surface area contributed by atoms with Crippen LogP contribution in [0.5, 0.6) is 11.5 Å². The lowest BCUT2D eigenvalue weighted by Crippen LogP contribution is -2.28. The summed E-state index contributed by atoms with van der Waals surface area (Å²) in [4.78, 5) is 0. The molecule has 0 saturated heterocycles. The van der Waals surface area contributed by atoms with E-state index in [1.807, 2.05) is 25.1 Å². The molecule has 0 saturated carbocycles. The molecule has 2 N–H and O–H groups in total. The van der Waals surface area contributed by atoms with Crippen molar-refractivity contribution in [2.75, 3.05) is 13.7 Å². The van der Waals surface area contributed by atoms with Crippen LogP contribution < -0.4 is 20.2 Å². The standard InChI is InChI=1S/C19H23N3O2S/c1-4-23-18-11-16(12-21-22-19(25)20-3)9-10-17(18)24-13-15-7-5-14(2)6-8-15/h5-12H,4,13H2,1-3H3,(H2,20,22,25). The van der Waals surface area contributed by atoms with E-state index in [2.05, 4.69) is 47.0 Å². The molecule has 0 aliphatic heterocycles. The van der Waals surface area contributed by atoms with Crippen LogP contribution in [0.4, 0.5) is 0 Å². The van der Waals surface area contributed by atoms with E-state index >= 15 is 0 Å². The van der Waals surface area contributed by atoms with E-state index in [9.17, 15) is 0 Å². The minimum absolute atomic E-state index is 0.458. The van der Waals surface area contributed by atoms with Crippen molar-refractivity contribution in [2.45, 2.75) is 20.5 Å². The Balaban J connectivity index is 2.06. The van der Waals surface area contributed by atoms with Crippen molar-refractivity contribution in [3.8, 4) is 11.5 Å². The van der Waals surface area contributed by atoms with Gasteiger partial charge in [0.05, 0.1) is 12.8 Å². The van der Waals surface area contributed by atoms with Crippen LogP contribution in [0.15, 0.2) is 47.6 Å². The van der Waals surface area contributed by atoms with Crippen molar-refractivity contribution in [1.29, 1.82) is 0 Å². The summed E-state index contributed by atoms with van der Waals surface area (Å²) < 4.78 is 11.6. The van der Waals surface area contributed by atoms with Gasteiger partial charge < -0.3 is 14.8 Å². The van der Waals surface area contributed by atoms with E-state index in [1.165, 1.54) is 5.56 Å². The minimum atomic E-state index is 0.458. The van der Waals surface area contributed by atoms with Crippen LogP contribution in [-0.4, -0.2) is 25.0 Å². The van der Waals surface area contributed by atoms with Crippen LogP contribution in [0, 0.1) is 6.92 Å². The lowest BCUT2D eigenvalue weighted by atomic mass is 10.2. The largest absolute Gasteiger partial charge is 0.490 e. The molecule has 0 atom stereocenters. The Morgan fingerprint density at radius 1 is 1.12 bits per heavy atom. The maximum atomic E-state index is 5.91. The second kappa shape index (κ2) is 9.64. The first-order valence-electron chi connectivity index (χ1n) is 8.08. The van der Waals surface area contributed by atoms with E-state index in [1.54, 1.807) is 13.3 Å². The molecule has 0 heterocycles. The highest BCUT2D eigenvalue weighted by Crippen LogP contribution is 2.28. The second-order valence-electron chi connectivity index (χ2n) is 5.36. The molecule has 0 radical (unpaired) electrons. The fourth-order valence-electron chi connectivity index (χ4n) is 2.06. The first-order valence-corrected chi connectivity index (χ1v) is 8.49. The van der Waals surface area contributed by atoms with Gasteiger partial charge >= 0.3 is 0 Å². The highest BCUT2D eigenvalue weighted by molar-refractivity contribution is 7.80. The van der Waals surface area contributed by atoms with Gasteiger partial charge in [-0.15, -0.1) is 0 Å². The number of benzene rings is 2. The van der Waals surface area contributed by atoms with Crippen molar-refractivity contribution >= 4 is 23.5 Å². The number of thiocarbonyl (C=S) groups is 1. The average Bonchev–Trinajstić information content (AvgIpc) is 2.62. The first kappa shape index (κ1) is 18.7. The third-order valence-electron chi connectivity index (χ3n) is 3.39. The summed E-state index contributed by atoms with van der Waals surface area (Å²) in [6, 6.07) is 14.0. The molecule has 0 aliphatic rings. The first-order chi connectivity index (χ1) is 12.1. The van der Waals surface area contributed by atoms with E-state index in [0.717, 1.165) is 11.1 Å². The Morgan fingerprint density at radius 3 is 2.56 bits per heavy atom. The van der Waals surface area contributed by atoms with E-state index in [-0.39, 0.29) is 0 Å². The Hall–Kier alpha value is -2.60. The second-order valence-corrected chi connectivity index (χ2v) is 5.77. The summed E-state index contributed by atoms with van der Waals surface area (Å²) in [6.45, 7) is 5.06. The van der Waals surface area contributed by atoms with Crippen LogP contribution in [0.2, 0.25) is 0 Å². The lowest BCUT2D eigenvalue weighted by Gasteiger charge is -2.13. The molecule has 0 aromatic heterocycles. The SMILES string of the molecule is CCOc1cc(C=NNC(=S)NC)ccc1OCc1ccc(C)cc1. The molecule has 2 aromatic carbocycles. The smallest absolute Gasteiger partial charge is 0.186 e. The number of nitrogens with one attached hydrogen (secondary N) is 2. The molecule has 132 valence electrons. The third kappa shape index (κ3) is 6.08. The van der Waals surface area contributed by atoms with Gasteiger partial charge in [0.1, 0.15) is 6.61 Å². The molecule has 5 nitrogen and oxygen atoms in total. The monoisotopic (exact) mass is 357 g/mol. The Kier molecular flexibility index (Phi) is 7.22. The molecule has 2 aromatic rings. The fraction of sp³-hybridized carbons (Fsp3) is 0.263. The number of hydrogen-bond donors (Lipinski definition) is 2. The van der Waals surface area contributed by atoms with Crippen LogP contribution in [0.1, 0.15) is 23.6 Å². The van der Waals surface area contributed by atoms with Crippen LogP contribution in [0.25, 0.3) is 0 Å². The molecule has 0 spiro atoms. The lowest BCUT2D eigenvalue weighted by molar-refractivity contribution is 0.269. The van der Waals surface area contributed by atoms with Gasteiger partial charge in [0.15, 0.2) is 16.6 Å². The van der Waals surface area contributed by atoms with E-state index < -0.39 is 0 Å². The summed E-state index contributed by atoms with van der Waals surface area (Å²) in [6.07, 6.45) is 1.68. The zero-order valence-corrected chi connectivity index (χ0v) is 15.5. The van der Waals surface area contributed by atoms with Crippen LogP contribution >= 0.6 is 12.2 Å². The highest BCUT2D eigenvalue weighted by Gasteiger charge is 2.06. The molecular formula is C19H23N3O2S. The number of nitrogens with zero attached hydrogens (tertiary/aromatic N) is 1. The zero-order chi connectivity index (χ0) is 18.1. The molecule has 6 heteroatoms. The number of hydrazone groups is 1. The molecule has 0 bridgehead atoms. The van der Waals surface area contributed by atoms with Gasteiger partial charge in [-0.2, -0.15) is 5.10 Å². The van der Waals surface area contributed by atoms with Gasteiger partial charge in [0.2, 0.25) is 0 Å². The van der Waals surface area contributed by atoms with E-state index in [4.69, 9.17) is 21.7 Å². The molecule has 0 aliphatic carbocycles. The fourth-order valence-corrected chi connectivity index (χ4v) is 2.11. The van der Waals surface area contributed by atoms with Crippen molar-refractivity contribution in [3.63, 3.8) is 0 Å². The highest BCUT2D eigenvalue weighted by atomic mass is 32.1. The average molecular weight is 357 g/mol. The summed E-state index contributed by atoms with van der Waals surface area (Å²) >= 11 is 4.97. The number of ether oxygens (including phenoxy) is 2. The van der Waals surface area contributed by atoms with Gasteiger partial charge in [-0.05, 0) is 55.4 Å². The van der Waals surface area contributed by atoms with Crippen molar-refractivity contribution in [2.24, 2.45) is 5.10 Å². The van der Waals surface area contributed by atoms with Crippen LogP contribution in [-0.2, 0) is 6.61 Å². The Morgan fingerprint density at radius 2 is 1.88 bits per heavy atom. The van der Waals surface area contributed by atoms with Crippen molar-refractivity contribution in [1.82, 2.24) is 10.7 Å². The normalized spacial score (nSPS) is 10.5. The molecular weight excluding hydrogens is 334 g/mol. The maximum absolute atomic E-state index is 5.91.